The van der Waals surface area contributed by atoms with Crippen LogP contribution in [0.25, 0.3) is 10.9 Å². The molecule has 1 aromatic heterocycles. The molecule has 4 rings (SSSR count). The molecule has 1 aliphatic rings. The van der Waals surface area contributed by atoms with Crippen LogP contribution in [0.4, 0.5) is 5.69 Å². The molecule has 4 heteroatoms. The maximum atomic E-state index is 12.9. The Bertz CT molecular complexity index is 880. The van der Waals surface area contributed by atoms with Gasteiger partial charge in [-0.3, -0.25) is 4.79 Å². The van der Waals surface area contributed by atoms with E-state index in [1.54, 1.807) is 0 Å². The minimum Gasteiger partial charge on any atom is -0.361 e. The maximum Gasteiger partial charge on any atom is 0.235 e. The van der Waals surface area contributed by atoms with E-state index in [1.807, 2.05) is 54.7 Å². The summed E-state index contributed by atoms with van der Waals surface area (Å²) in [6.07, 6.45) is 4.70. The van der Waals surface area contributed by atoms with Crippen LogP contribution in [0.5, 0.6) is 0 Å². The van der Waals surface area contributed by atoms with Gasteiger partial charge >= 0.3 is 0 Å². The number of carbonyl (C=O) groups excluding carboxylic acids is 1. The third-order valence-corrected chi connectivity index (χ3v) is 5.07. The molecule has 3 nitrogen and oxygen atoms in total. The third kappa shape index (κ3) is 2.41. The van der Waals surface area contributed by atoms with Crippen molar-refractivity contribution in [1.82, 2.24) is 4.98 Å². The second-order valence-corrected chi connectivity index (χ2v) is 6.62. The van der Waals surface area contributed by atoms with Crippen LogP contribution in [-0.2, 0) is 10.2 Å². The van der Waals surface area contributed by atoms with Crippen molar-refractivity contribution in [2.24, 2.45) is 0 Å². The van der Waals surface area contributed by atoms with Crippen molar-refractivity contribution >= 4 is 34.1 Å². The van der Waals surface area contributed by atoms with Gasteiger partial charge in [-0.05, 0) is 54.8 Å². The van der Waals surface area contributed by atoms with Gasteiger partial charge < -0.3 is 10.3 Å². The summed E-state index contributed by atoms with van der Waals surface area (Å²) >= 11 is 6.11. The van der Waals surface area contributed by atoms with Gasteiger partial charge in [0.15, 0.2) is 0 Å². The first-order valence-corrected chi connectivity index (χ1v) is 8.20. The number of rotatable bonds is 3. The molecule has 1 aliphatic carbocycles. The van der Waals surface area contributed by atoms with Crippen molar-refractivity contribution in [1.29, 1.82) is 0 Å². The van der Waals surface area contributed by atoms with Gasteiger partial charge in [0, 0.05) is 27.8 Å². The lowest BCUT2D eigenvalue weighted by Gasteiger charge is -2.40. The summed E-state index contributed by atoms with van der Waals surface area (Å²) in [6, 6.07) is 15.6. The largest absolute Gasteiger partial charge is 0.361 e. The predicted octanol–water partition coefficient (Wildman–Crippen LogP) is 4.88. The van der Waals surface area contributed by atoms with Crippen molar-refractivity contribution in [3.63, 3.8) is 0 Å². The van der Waals surface area contributed by atoms with Crippen LogP contribution in [0.3, 0.4) is 0 Å². The van der Waals surface area contributed by atoms with E-state index in [0.717, 1.165) is 41.4 Å². The van der Waals surface area contributed by atoms with Crippen molar-refractivity contribution in [2.75, 3.05) is 5.32 Å². The molecule has 0 unspecified atom stereocenters. The molecule has 0 bridgehead atoms. The molecule has 0 spiro atoms. The molecule has 23 heavy (non-hydrogen) atoms. The van der Waals surface area contributed by atoms with Gasteiger partial charge in [-0.2, -0.15) is 0 Å². The van der Waals surface area contributed by atoms with E-state index >= 15 is 0 Å². The monoisotopic (exact) mass is 324 g/mol. The standard InChI is InChI=1S/C19H17ClN2O/c20-15-4-1-3-14(12-15)19(8-2-9-19)18(23)22-16-5-6-17-13(11-16)7-10-21-17/h1,3-7,10-12,21H,2,8-9H2,(H,22,23). The SMILES string of the molecule is O=C(Nc1ccc2[nH]ccc2c1)C1(c2cccc(Cl)c2)CCC1. The summed E-state index contributed by atoms with van der Waals surface area (Å²) in [6.45, 7) is 0. The Balaban J connectivity index is 1.64. The number of aromatic amines is 1. The molecule has 0 aliphatic heterocycles. The molecule has 2 aromatic carbocycles. The number of anilines is 1. The number of carbonyl (C=O) groups is 1. The lowest BCUT2D eigenvalue weighted by molar-refractivity contribution is -0.124. The summed E-state index contributed by atoms with van der Waals surface area (Å²) in [5, 5.41) is 4.86. The first kappa shape index (κ1) is 14.3. The van der Waals surface area contributed by atoms with Crippen LogP contribution in [-0.4, -0.2) is 10.9 Å². The number of halogens is 1. The zero-order chi connectivity index (χ0) is 15.9. The first-order valence-electron chi connectivity index (χ1n) is 7.82. The van der Waals surface area contributed by atoms with Crippen LogP contribution in [0, 0.1) is 0 Å². The Kier molecular flexibility index (Phi) is 3.38. The molecular weight excluding hydrogens is 308 g/mol. The minimum absolute atomic E-state index is 0.0564. The smallest absolute Gasteiger partial charge is 0.235 e. The zero-order valence-electron chi connectivity index (χ0n) is 12.6. The highest BCUT2D eigenvalue weighted by atomic mass is 35.5. The summed E-state index contributed by atoms with van der Waals surface area (Å²) < 4.78 is 0. The van der Waals surface area contributed by atoms with Gasteiger partial charge in [0.25, 0.3) is 0 Å². The Morgan fingerprint density at radius 3 is 2.74 bits per heavy atom. The molecular formula is C19H17ClN2O. The molecule has 0 saturated heterocycles. The van der Waals surface area contributed by atoms with E-state index in [0.29, 0.717) is 5.02 Å². The molecule has 0 radical (unpaired) electrons. The number of benzene rings is 2. The van der Waals surface area contributed by atoms with E-state index in [-0.39, 0.29) is 5.91 Å². The van der Waals surface area contributed by atoms with Crippen LogP contribution < -0.4 is 5.32 Å². The van der Waals surface area contributed by atoms with Gasteiger partial charge in [0.1, 0.15) is 0 Å². The van der Waals surface area contributed by atoms with Gasteiger partial charge in [0.2, 0.25) is 5.91 Å². The highest BCUT2D eigenvalue weighted by Crippen LogP contribution is 2.45. The topological polar surface area (TPSA) is 44.9 Å². The lowest BCUT2D eigenvalue weighted by Crippen LogP contribution is -2.46. The molecule has 1 fully saturated rings. The van der Waals surface area contributed by atoms with E-state index in [2.05, 4.69) is 10.3 Å². The van der Waals surface area contributed by atoms with Crippen LogP contribution >= 0.6 is 11.6 Å². The summed E-state index contributed by atoms with van der Waals surface area (Å²) in [4.78, 5) is 16.1. The predicted molar refractivity (Wildman–Crippen MR) is 93.9 cm³/mol. The second-order valence-electron chi connectivity index (χ2n) is 6.18. The quantitative estimate of drug-likeness (QED) is 0.708. The Labute approximate surface area is 139 Å². The molecule has 0 atom stereocenters. The molecule has 1 amide bonds. The number of fused-ring (bicyclic) bond motifs is 1. The van der Waals surface area contributed by atoms with Crippen molar-refractivity contribution in [3.05, 3.63) is 65.3 Å². The summed E-state index contributed by atoms with van der Waals surface area (Å²) in [7, 11) is 0. The number of hydrogen-bond acceptors (Lipinski definition) is 1. The lowest BCUT2D eigenvalue weighted by atomic mass is 9.64. The Hall–Kier alpha value is -2.26. The maximum absolute atomic E-state index is 12.9. The number of nitrogens with one attached hydrogen (secondary N) is 2. The fraction of sp³-hybridized carbons (Fsp3) is 0.211. The normalized spacial score (nSPS) is 16.0. The van der Waals surface area contributed by atoms with Crippen LogP contribution in [0.2, 0.25) is 5.02 Å². The zero-order valence-corrected chi connectivity index (χ0v) is 13.4. The molecule has 1 saturated carbocycles. The van der Waals surface area contributed by atoms with Crippen molar-refractivity contribution in [2.45, 2.75) is 24.7 Å². The Morgan fingerprint density at radius 2 is 2.00 bits per heavy atom. The number of aromatic nitrogens is 1. The second kappa shape index (κ2) is 5.43. The average molecular weight is 325 g/mol. The summed E-state index contributed by atoms with van der Waals surface area (Å²) in [5.74, 6) is 0.0564. The van der Waals surface area contributed by atoms with Gasteiger partial charge in [-0.25, -0.2) is 0 Å². The third-order valence-electron chi connectivity index (χ3n) is 4.83. The molecule has 2 N–H and O–H groups in total. The van der Waals surface area contributed by atoms with E-state index in [4.69, 9.17) is 11.6 Å². The molecule has 116 valence electrons. The van der Waals surface area contributed by atoms with Crippen LogP contribution in [0.15, 0.2) is 54.7 Å². The fourth-order valence-corrected chi connectivity index (χ4v) is 3.54. The van der Waals surface area contributed by atoms with Crippen molar-refractivity contribution < 1.29 is 4.79 Å². The highest BCUT2D eigenvalue weighted by Gasteiger charge is 2.45. The average Bonchev–Trinajstić information content (AvgIpc) is 2.93. The fourth-order valence-electron chi connectivity index (χ4n) is 3.35. The highest BCUT2D eigenvalue weighted by molar-refractivity contribution is 6.30. The van der Waals surface area contributed by atoms with Gasteiger partial charge in [0.05, 0.1) is 5.41 Å². The first-order chi connectivity index (χ1) is 11.2. The van der Waals surface area contributed by atoms with Crippen molar-refractivity contribution in [3.8, 4) is 0 Å². The minimum atomic E-state index is -0.446. The summed E-state index contributed by atoms with van der Waals surface area (Å²) in [5.41, 5.74) is 2.46. The van der Waals surface area contributed by atoms with Gasteiger partial charge in [-0.1, -0.05) is 30.2 Å². The number of amides is 1. The van der Waals surface area contributed by atoms with Crippen LogP contribution in [0.1, 0.15) is 24.8 Å². The number of hydrogen-bond donors (Lipinski definition) is 2. The van der Waals surface area contributed by atoms with E-state index < -0.39 is 5.41 Å². The van der Waals surface area contributed by atoms with E-state index in [1.165, 1.54) is 0 Å². The number of H-pyrrole nitrogens is 1. The Morgan fingerprint density at radius 1 is 1.13 bits per heavy atom. The van der Waals surface area contributed by atoms with Gasteiger partial charge in [-0.15, -0.1) is 0 Å². The van der Waals surface area contributed by atoms with E-state index in [9.17, 15) is 4.79 Å². The molecule has 1 heterocycles. The molecule has 3 aromatic rings.